The van der Waals surface area contributed by atoms with Crippen molar-refractivity contribution in [2.45, 2.75) is 25.3 Å². The third-order valence-electron chi connectivity index (χ3n) is 4.11. The molecule has 0 aliphatic heterocycles. The molecular formula is C19H18N2O4S. The topological polar surface area (TPSA) is 96.1 Å². The lowest BCUT2D eigenvalue weighted by Crippen LogP contribution is -2.23. The third kappa shape index (κ3) is 3.74. The van der Waals surface area contributed by atoms with Crippen molar-refractivity contribution in [1.29, 1.82) is 0 Å². The predicted molar refractivity (Wildman–Crippen MR) is 99.8 cm³/mol. The second-order valence-electron chi connectivity index (χ2n) is 6.11. The molecule has 0 unspecified atom stereocenters. The van der Waals surface area contributed by atoms with Crippen LogP contribution in [-0.4, -0.2) is 19.2 Å². The summed E-state index contributed by atoms with van der Waals surface area (Å²) in [6.07, 6.45) is 0. The zero-order valence-electron chi connectivity index (χ0n) is 14.4. The number of carbonyl (C=O) groups is 1. The lowest BCUT2D eigenvalue weighted by molar-refractivity contribution is 0.101. The van der Waals surface area contributed by atoms with Crippen molar-refractivity contribution in [2.24, 2.45) is 0 Å². The van der Waals surface area contributed by atoms with Crippen molar-refractivity contribution >= 4 is 26.7 Å². The van der Waals surface area contributed by atoms with Gasteiger partial charge in [-0.25, -0.2) is 13.1 Å². The fraction of sp³-hybridized carbons (Fsp3) is 0.158. The number of Topliss-reactive ketones (excluding diaryl/α,β-unsaturated/α-hetero) is 1. The zero-order chi connectivity index (χ0) is 18.9. The van der Waals surface area contributed by atoms with Crippen molar-refractivity contribution in [3.05, 3.63) is 75.6 Å². The summed E-state index contributed by atoms with van der Waals surface area (Å²) >= 11 is 0. The molecule has 3 rings (SSSR count). The zero-order valence-corrected chi connectivity index (χ0v) is 15.2. The van der Waals surface area contributed by atoms with E-state index in [9.17, 15) is 18.0 Å². The first-order chi connectivity index (χ1) is 12.3. The molecule has 0 amide bonds. The Morgan fingerprint density at radius 3 is 2.62 bits per heavy atom. The van der Waals surface area contributed by atoms with Crippen LogP contribution in [-0.2, 0) is 16.6 Å². The molecule has 2 N–H and O–H groups in total. The standard InChI is InChI=1S/C19H18N2O4S/c1-12-8-16-9-14(6-7-18(16)21-19(12)23)11-20-26(24,25)17-5-3-4-15(10-17)13(2)22/h3-10,20H,11H2,1-2H3,(H,21,23). The number of aromatic amines is 1. The van der Waals surface area contributed by atoms with E-state index in [1.807, 2.05) is 6.07 Å². The van der Waals surface area contributed by atoms with Crippen LogP contribution in [0.1, 0.15) is 28.4 Å². The summed E-state index contributed by atoms with van der Waals surface area (Å²) in [7, 11) is -3.74. The van der Waals surface area contributed by atoms with Gasteiger partial charge in [0.05, 0.1) is 4.90 Å². The molecule has 0 saturated heterocycles. The number of aryl methyl sites for hydroxylation is 1. The number of aromatic nitrogens is 1. The summed E-state index contributed by atoms with van der Waals surface area (Å²) in [5, 5.41) is 0.831. The first-order valence-electron chi connectivity index (χ1n) is 7.99. The SMILES string of the molecule is CC(=O)c1cccc(S(=O)(=O)NCc2ccc3[nH]c(=O)c(C)cc3c2)c1. The first-order valence-corrected chi connectivity index (χ1v) is 9.48. The molecule has 2 aromatic carbocycles. The molecule has 0 fully saturated rings. The van der Waals surface area contributed by atoms with Crippen LogP contribution in [0.25, 0.3) is 10.9 Å². The number of hydrogen-bond donors (Lipinski definition) is 2. The summed E-state index contributed by atoms with van der Waals surface area (Å²) in [4.78, 5) is 25.9. The average Bonchev–Trinajstić information content (AvgIpc) is 2.61. The summed E-state index contributed by atoms with van der Waals surface area (Å²) in [6, 6.07) is 13.0. The van der Waals surface area contributed by atoms with Gasteiger partial charge >= 0.3 is 0 Å². The third-order valence-corrected chi connectivity index (χ3v) is 5.51. The van der Waals surface area contributed by atoms with Crippen molar-refractivity contribution in [2.75, 3.05) is 0 Å². The summed E-state index contributed by atoms with van der Waals surface area (Å²) in [6.45, 7) is 3.21. The van der Waals surface area contributed by atoms with Gasteiger partial charge in [0.1, 0.15) is 0 Å². The van der Waals surface area contributed by atoms with E-state index in [-0.39, 0.29) is 22.8 Å². The molecule has 7 heteroatoms. The van der Waals surface area contributed by atoms with Gasteiger partial charge in [-0.1, -0.05) is 18.2 Å². The van der Waals surface area contributed by atoms with Crippen molar-refractivity contribution in [3.63, 3.8) is 0 Å². The fourth-order valence-electron chi connectivity index (χ4n) is 2.62. The van der Waals surface area contributed by atoms with E-state index in [0.717, 1.165) is 10.9 Å². The molecule has 1 heterocycles. The minimum Gasteiger partial charge on any atom is -0.322 e. The van der Waals surface area contributed by atoms with E-state index in [1.54, 1.807) is 37.3 Å². The van der Waals surface area contributed by atoms with E-state index in [4.69, 9.17) is 0 Å². The predicted octanol–water partition coefficient (Wildman–Crippen LogP) is 2.52. The Bertz CT molecular complexity index is 1160. The Balaban J connectivity index is 1.84. The van der Waals surface area contributed by atoms with Crippen LogP contribution in [0.5, 0.6) is 0 Å². The summed E-state index contributed by atoms with van der Waals surface area (Å²) in [5.41, 5.74) is 2.25. The monoisotopic (exact) mass is 370 g/mol. The number of fused-ring (bicyclic) bond motifs is 1. The maximum atomic E-state index is 12.5. The molecule has 0 aliphatic carbocycles. The lowest BCUT2D eigenvalue weighted by Gasteiger charge is -2.09. The van der Waals surface area contributed by atoms with Gasteiger partial charge in [0, 0.05) is 23.2 Å². The van der Waals surface area contributed by atoms with E-state index in [0.29, 0.717) is 16.6 Å². The highest BCUT2D eigenvalue weighted by Gasteiger charge is 2.15. The van der Waals surface area contributed by atoms with E-state index in [2.05, 4.69) is 9.71 Å². The van der Waals surface area contributed by atoms with Gasteiger partial charge in [0.25, 0.3) is 5.56 Å². The van der Waals surface area contributed by atoms with Gasteiger partial charge in [-0.3, -0.25) is 9.59 Å². The van der Waals surface area contributed by atoms with Crippen molar-refractivity contribution in [3.8, 4) is 0 Å². The number of rotatable bonds is 5. The minimum absolute atomic E-state index is 0.0474. The summed E-state index contributed by atoms with van der Waals surface area (Å²) in [5.74, 6) is -0.194. The molecule has 3 aromatic rings. The number of nitrogens with one attached hydrogen (secondary N) is 2. The van der Waals surface area contributed by atoms with Crippen molar-refractivity contribution < 1.29 is 13.2 Å². The number of benzene rings is 2. The Morgan fingerprint density at radius 1 is 1.12 bits per heavy atom. The van der Waals surface area contributed by atoms with Crippen LogP contribution in [0.3, 0.4) is 0 Å². The molecule has 1 aromatic heterocycles. The number of hydrogen-bond acceptors (Lipinski definition) is 4. The molecule has 134 valence electrons. The van der Waals surface area contributed by atoms with Gasteiger partial charge in [0.2, 0.25) is 10.0 Å². The number of H-pyrrole nitrogens is 1. The van der Waals surface area contributed by atoms with Gasteiger partial charge < -0.3 is 4.98 Å². The maximum absolute atomic E-state index is 12.5. The average molecular weight is 370 g/mol. The second kappa shape index (κ2) is 6.86. The Hall–Kier alpha value is -2.77. The van der Waals surface area contributed by atoms with Gasteiger partial charge in [-0.2, -0.15) is 0 Å². The first kappa shape index (κ1) is 18.0. The molecule has 0 aliphatic rings. The molecule has 0 radical (unpaired) electrons. The summed E-state index contributed by atoms with van der Waals surface area (Å²) < 4.78 is 27.5. The van der Waals surface area contributed by atoms with Crippen LogP contribution in [0.4, 0.5) is 0 Å². The largest absolute Gasteiger partial charge is 0.322 e. The van der Waals surface area contributed by atoms with E-state index in [1.165, 1.54) is 19.1 Å². The molecular weight excluding hydrogens is 352 g/mol. The Kier molecular flexibility index (Phi) is 4.76. The Morgan fingerprint density at radius 2 is 1.88 bits per heavy atom. The quantitative estimate of drug-likeness (QED) is 0.675. The number of ketones is 1. The number of pyridine rings is 1. The molecule has 0 spiro atoms. The smallest absolute Gasteiger partial charge is 0.251 e. The van der Waals surface area contributed by atoms with E-state index >= 15 is 0 Å². The number of carbonyl (C=O) groups excluding carboxylic acids is 1. The highest BCUT2D eigenvalue weighted by molar-refractivity contribution is 7.89. The fourth-order valence-corrected chi connectivity index (χ4v) is 3.68. The van der Waals surface area contributed by atoms with Crippen molar-refractivity contribution in [1.82, 2.24) is 9.71 Å². The Labute approximate surface area is 150 Å². The maximum Gasteiger partial charge on any atom is 0.251 e. The van der Waals surface area contributed by atoms with Crippen LogP contribution < -0.4 is 10.3 Å². The minimum atomic E-state index is -3.74. The van der Waals surface area contributed by atoms with Crippen LogP contribution >= 0.6 is 0 Å². The molecule has 0 bridgehead atoms. The van der Waals surface area contributed by atoms with E-state index < -0.39 is 10.0 Å². The molecule has 6 nitrogen and oxygen atoms in total. The van der Waals surface area contributed by atoms with Gasteiger partial charge in [0.15, 0.2) is 5.78 Å². The van der Waals surface area contributed by atoms with Crippen LogP contribution in [0.15, 0.2) is 58.2 Å². The van der Waals surface area contributed by atoms with Crippen LogP contribution in [0.2, 0.25) is 0 Å². The normalized spacial score (nSPS) is 11.6. The van der Waals surface area contributed by atoms with Gasteiger partial charge in [-0.15, -0.1) is 0 Å². The highest BCUT2D eigenvalue weighted by atomic mass is 32.2. The van der Waals surface area contributed by atoms with Gasteiger partial charge in [-0.05, 0) is 55.1 Å². The number of sulfonamides is 1. The molecule has 0 atom stereocenters. The van der Waals surface area contributed by atoms with Crippen LogP contribution in [0, 0.1) is 6.92 Å². The second-order valence-corrected chi connectivity index (χ2v) is 7.88. The molecule has 26 heavy (non-hydrogen) atoms. The molecule has 0 saturated carbocycles. The lowest BCUT2D eigenvalue weighted by atomic mass is 10.1. The highest BCUT2D eigenvalue weighted by Crippen LogP contribution is 2.16.